The highest BCUT2D eigenvalue weighted by Gasteiger charge is 2.52. The van der Waals surface area contributed by atoms with E-state index in [4.69, 9.17) is 19.2 Å². The lowest BCUT2D eigenvalue weighted by molar-refractivity contribution is -0.131. The smallest absolute Gasteiger partial charge is 0.166 e. The number of aromatic nitrogens is 4. The van der Waals surface area contributed by atoms with Crippen LogP contribution in [0.3, 0.4) is 0 Å². The molecule has 9 heteroatoms. The molecule has 0 aliphatic carbocycles. The predicted molar refractivity (Wildman–Crippen MR) is 226 cm³/mol. The summed E-state index contributed by atoms with van der Waals surface area (Å²) in [5, 5.41) is 13.5. The van der Waals surface area contributed by atoms with Gasteiger partial charge in [0.05, 0.1) is 12.9 Å². The molecule has 4 atom stereocenters. The monoisotopic (exact) mass is 782 g/mol. The molecule has 1 aliphatic heterocycles. The average molecular weight is 783 g/mol. The van der Waals surface area contributed by atoms with Crippen molar-refractivity contribution in [1.29, 1.82) is 0 Å². The van der Waals surface area contributed by atoms with E-state index in [0.717, 1.165) is 38.4 Å². The third kappa shape index (κ3) is 6.70. The van der Waals surface area contributed by atoms with Crippen LogP contribution < -0.4 is 0 Å². The Labute approximate surface area is 342 Å². The van der Waals surface area contributed by atoms with Gasteiger partial charge in [0.15, 0.2) is 11.9 Å². The summed E-state index contributed by atoms with van der Waals surface area (Å²) >= 11 is 1.49. The Bertz CT molecular complexity index is 2350. The highest BCUT2D eigenvalue weighted by molar-refractivity contribution is 7.98. The van der Waals surface area contributed by atoms with E-state index in [9.17, 15) is 5.11 Å². The minimum atomic E-state index is -1.19. The second kappa shape index (κ2) is 16.5. The number of imidazole rings is 1. The molecule has 1 fully saturated rings. The van der Waals surface area contributed by atoms with E-state index < -0.39 is 35.7 Å². The summed E-state index contributed by atoms with van der Waals surface area (Å²) in [6.07, 6.45) is 1.31. The molecule has 0 bridgehead atoms. The number of fused-ring (bicyclic) bond motifs is 1. The van der Waals surface area contributed by atoms with Crippen molar-refractivity contribution in [3.8, 4) is 0 Å². The number of rotatable bonds is 13. The van der Waals surface area contributed by atoms with Gasteiger partial charge in [-0.2, -0.15) is 0 Å². The molecule has 6 aromatic carbocycles. The second-order valence-electron chi connectivity index (χ2n) is 14.2. The summed E-state index contributed by atoms with van der Waals surface area (Å²) in [6, 6.07) is 61.2. The molecule has 0 amide bonds. The van der Waals surface area contributed by atoms with Crippen molar-refractivity contribution in [3.63, 3.8) is 0 Å². The van der Waals surface area contributed by atoms with E-state index in [1.54, 1.807) is 10.9 Å². The number of aliphatic hydroxyl groups is 1. The molecular weight excluding hydrogens is 741 g/mol. The molecule has 0 unspecified atom stereocenters. The zero-order valence-corrected chi connectivity index (χ0v) is 32.7. The molecule has 9 rings (SSSR count). The van der Waals surface area contributed by atoms with Crippen molar-refractivity contribution >= 4 is 22.9 Å². The Balaban J connectivity index is 1.21. The molecule has 2 aromatic heterocycles. The largest absolute Gasteiger partial charge is 0.386 e. The van der Waals surface area contributed by atoms with Gasteiger partial charge in [0.25, 0.3) is 0 Å². The average Bonchev–Trinajstić information content (AvgIpc) is 3.87. The van der Waals surface area contributed by atoms with Gasteiger partial charge in [0, 0.05) is 0 Å². The summed E-state index contributed by atoms with van der Waals surface area (Å²) in [5.41, 5.74) is 4.55. The van der Waals surface area contributed by atoms with Crippen LogP contribution in [0.15, 0.2) is 200 Å². The van der Waals surface area contributed by atoms with Crippen molar-refractivity contribution < 1.29 is 19.3 Å². The van der Waals surface area contributed by atoms with Crippen LogP contribution in [0.5, 0.6) is 0 Å². The Kier molecular flexibility index (Phi) is 10.7. The number of ether oxygens (including phenoxy) is 3. The molecule has 0 saturated carbocycles. The summed E-state index contributed by atoms with van der Waals surface area (Å²) in [5.74, 6) is 0. The summed E-state index contributed by atoms with van der Waals surface area (Å²) < 4.78 is 23.8. The van der Waals surface area contributed by atoms with Gasteiger partial charge in [-0.3, -0.25) is 4.57 Å². The maximum atomic E-state index is 12.8. The van der Waals surface area contributed by atoms with E-state index in [1.807, 2.05) is 115 Å². The molecule has 58 heavy (non-hydrogen) atoms. The number of thioether (sulfide) groups is 1. The molecule has 1 N–H and O–H groups in total. The van der Waals surface area contributed by atoms with Gasteiger partial charge in [-0.1, -0.05) is 182 Å². The molecule has 288 valence electrons. The maximum Gasteiger partial charge on any atom is 0.166 e. The number of hydrogen-bond acceptors (Lipinski definition) is 8. The van der Waals surface area contributed by atoms with Crippen LogP contribution in [0.1, 0.15) is 39.6 Å². The van der Waals surface area contributed by atoms with E-state index in [0.29, 0.717) is 11.2 Å². The lowest BCUT2D eigenvalue weighted by Gasteiger charge is -2.41. The van der Waals surface area contributed by atoms with Crippen LogP contribution in [-0.4, -0.2) is 55.8 Å². The van der Waals surface area contributed by atoms with Gasteiger partial charge in [0.1, 0.15) is 46.4 Å². The Morgan fingerprint density at radius 2 is 1.00 bits per heavy atom. The minimum Gasteiger partial charge on any atom is -0.386 e. The van der Waals surface area contributed by atoms with Gasteiger partial charge in [-0.05, 0) is 39.6 Å². The SMILES string of the molecule is CSc1ncnc2c1ncn2[C@@H]1O[C@H](COC(c2ccccc2)(c2ccccc2)c2ccccc2)[C@@H](OC(c2ccccc2)(c2ccccc2)c2ccccc2)[C@H]1O. The molecular formula is C49H42N4O4S. The normalized spacial score (nSPS) is 18.4. The third-order valence-electron chi connectivity index (χ3n) is 11.0. The number of hydrogen-bond donors (Lipinski definition) is 1. The first kappa shape index (κ1) is 37.6. The van der Waals surface area contributed by atoms with E-state index in [-0.39, 0.29) is 6.61 Å². The highest BCUT2D eigenvalue weighted by Crippen LogP contribution is 2.47. The Morgan fingerprint density at radius 3 is 1.41 bits per heavy atom. The quantitative estimate of drug-likeness (QED) is 0.0704. The van der Waals surface area contributed by atoms with Crippen LogP contribution >= 0.6 is 11.8 Å². The first-order valence-corrected chi connectivity index (χ1v) is 20.6. The first-order valence-electron chi connectivity index (χ1n) is 19.3. The van der Waals surface area contributed by atoms with E-state index in [1.165, 1.54) is 18.1 Å². The van der Waals surface area contributed by atoms with Gasteiger partial charge < -0.3 is 19.3 Å². The van der Waals surface area contributed by atoms with Crippen LogP contribution in [0.2, 0.25) is 0 Å². The van der Waals surface area contributed by atoms with Crippen LogP contribution in [-0.2, 0) is 25.4 Å². The lowest BCUT2D eigenvalue weighted by atomic mass is 9.79. The molecule has 1 saturated heterocycles. The van der Waals surface area contributed by atoms with E-state index in [2.05, 4.69) is 82.8 Å². The van der Waals surface area contributed by atoms with Crippen molar-refractivity contribution in [3.05, 3.63) is 228 Å². The van der Waals surface area contributed by atoms with Crippen molar-refractivity contribution in [1.82, 2.24) is 19.5 Å². The zero-order valence-electron chi connectivity index (χ0n) is 31.9. The Hall–Kier alpha value is -5.94. The summed E-state index contributed by atoms with van der Waals surface area (Å²) in [6.45, 7) is 0.0447. The van der Waals surface area contributed by atoms with Crippen LogP contribution in [0.4, 0.5) is 0 Å². The molecule has 0 spiro atoms. The van der Waals surface area contributed by atoms with E-state index >= 15 is 0 Å². The number of benzene rings is 6. The molecule has 3 heterocycles. The molecule has 8 nitrogen and oxygen atoms in total. The zero-order chi connectivity index (χ0) is 39.4. The number of aliphatic hydroxyl groups excluding tert-OH is 1. The Morgan fingerprint density at radius 1 is 0.586 bits per heavy atom. The lowest BCUT2D eigenvalue weighted by Crippen LogP contribution is -2.46. The van der Waals surface area contributed by atoms with Gasteiger partial charge in [0.2, 0.25) is 0 Å². The fraction of sp³-hybridized carbons (Fsp3) is 0.163. The molecule has 1 aliphatic rings. The first-order chi connectivity index (χ1) is 28.6. The minimum absolute atomic E-state index is 0.0447. The standard InChI is InChI=1S/C49H42N4O4S/c1-58-46-42-45(50-33-51-46)53(34-52-42)47-43(54)44(57-49(38-26-14-5-15-27-38,39-28-16-6-17-29-39)40-30-18-7-19-31-40)41(56-47)32-55-48(35-20-8-2-9-21-35,36-22-10-3-11-23-36)37-24-12-4-13-25-37/h2-31,33-34,41,43-44,47,54H,32H2,1H3/t41-,43-,44-,47-/m1/s1. The third-order valence-corrected chi connectivity index (χ3v) is 11.6. The number of nitrogens with zero attached hydrogens (tertiary/aromatic N) is 4. The van der Waals surface area contributed by atoms with Crippen molar-refractivity contribution in [2.45, 2.75) is 40.8 Å². The molecule has 8 aromatic rings. The molecule has 0 radical (unpaired) electrons. The summed E-state index contributed by atoms with van der Waals surface area (Å²) in [4.78, 5) is 13.7. The fourth-order valence-corrected chi connectivity index (χ4v) is 8.79. The van der Waals surface area contributed by atoms with Gasteiger partial charge >= 0.3 is 0 Å². The second-order valence-corrected chi connectivity index (χ2v) is 15.0. The van der Waals surface area contributed by atoms with Gasteiger partial charge in [-0.25, -0.2) is 15.0 Å². The maximum absolute atomic E-state index is 12.8. The summed E-state index contributed by atoms with van der Waals surface area (Å²) in [7, 11) is 0. The van der Waals surface area contributed by atoms with Gasteiger partial charge in [-0.15, -0.1) is 11.8 Å². The fourth-order valence-electron chi connectivity index (χ4n) is 8.30. The van der Waals surface area contributed by atoms with Crippen LogP contribution in [0.25, 0.3) is 11.2 Å². The predicted octanol–water partition coefficient (Wildman–Crippen LogP) is 9.19. The van der Waals surface area contributed by atoms with Crippen molar-refractivity contribution in [2.75, 3.05) is 12.9 Å². The van der Waals surface area contributed by atoms with Crippen LogP contribution in [0, 0.1) is 0 Å². The topological polar surface area (TPSA) is 91.5 Å². The van der Waals surface area contributed by atoms with Crippen molar-refractivity contribution in [2.24, 2.45) is 0 Å². The highest BCUT2D eigenvalue weighted by atomic mass is 32.2.